The molecule has 1 amide bonds. The molecule has 0 saturated carbocycles. The first-order valence-electron chi connectivity index (χ1n) is 6.64. The van der Waals surface area contributed by atoms with Crippen LogP contribution in [0.15, 0.2) is 30.6 Å². The highest BCUT2D eigenvalue weighted by Gasteiger charge is 2.33. The fraction of sp³-hybridized carbons (Fsp3) is 0.357. The summed E-state index contributed by atoms with van der Waals surface area (Å²) < 4.78 is 1.76. The van der Waals surface area contributed by atoms with Gasteiger partial charge in [-0.2, -0.15) is 0 Å². The number of fused-ring (bicyclic) bond motifs is 1. The number of aliphatic carboxylic acids is 1. The van der Waals surface area contributed by atoms with Gasteiger partial charge in [0.25, 0.3) is 5.91 Å². The minimum absolute atomic E-state index is 0.296. The molecule has 0 radical (unpaired) electrons. The molecule has 1 unspecified atom stereocenters. The Morgan fingerprint density at radius 2 is 2.15 bits per heavy atom. The van der Waals surface area contributed by atoms with Crippen molar-refractivity contribution in [3.63, 3.8) is 0 Å². The number of hydrogen-bond donors (Lipinski definition) is 1. The summed E-state index contributed by atoms with van der Waals surface area (Å²) in [5, 5.41) is 9.22. The molecule has 1 aliphatic heterocycles. The van der Waals surface area contributed by atoms with Gasteiger partial charge in [0, 0.05) is 18.9 Å². The Labute approximate surface area is 115 Å². The third-order valence-corrected chi connectivity index (χ3v) is 3.63. The number of hydrogen-bond acceptors (Lipinski definition) is 3. The Balaban J connectivity index is 1.92. The summed E-state index contributed by atoms with van der Waals surface area (Å²) in [4.78, 5) is 29.4. The van der Waals surface area contributed by atoms with Crippen molar-refractivity contribution in [2.75, 3.05) is 6.54 Å². The van der Waals surface area contributed by atoms with Gasteiger partial charge < -0.3 is 14.4 Å². The van der Waals surface area contributed by atoms with Gasteiger partial charge in [0.2, 0.25) is 0 Å². The van der Waals surface area contributed by atoms with E-state index in [0.29, 0.717) is 24.3 Å². The molecule has 0 bridgehead atoms. The second-order valence-electron chi connectivity index (χ2n) is 4.94. The Bertz CT molecular complexity index is 631. The van der Waals surface area contributed by atoms with Gasteiger partial charge in [-0.25, -0.2) is 9.78 Å². The predicted molar refractivity (Wildman–Crippen MR) is 71.5 cm³/mol. The number of piperidine rings is 1. The van der Waals surface area contributed by atoms with Crippen LogP contribution in [0.2, 0.25) is 0 Å². The van der Waals surface area contributed by atoms with E-state index in [2.05, 4.69) is 4.98 Å². The molecule has 0 spiro atoms. The number of likely N-dealkylation sites (tertiary alicyclic amines) is 1. The highest BCUT2D eigenvalue weighted by atomic mass is 16.4. The number of carbonyl (C=O) groups is 2. The van der Waals surface area contributed by atoms with Crippen LogP contribution < -0.4 is 0 Å². The average Bonchev–Trinajstić information content (AvgIpc) is 2.90. The zero-order valence-electron chi connectivity index (χ0n) is 10.9. The maximum absolute atomic E-state index is 12.5. The second-order valence-corrected chi connectivity index (χ2v) is 4.94. The number of imidazole rings is 1. The standard InChI is InChI=1S/C14H15N3O3/c18-13(17-8-4-1-5-11(17)14(19)20)10-9-16-7-3-2-6-12(16)15-10/h2-3,6-7,9,11H,1,4-5,8H2,(H,19,20). The van der Waals surface area contributed by atoms with Gasteiger partial charge in [0.1, 0.15) is 17.4 Å². The summed E-state index contributed by atoms with van der Waals surface area (Å²) in [7, 11) is 0. The maximum Gasteiger partial charge on any atom is 0.326 e. The lowest BCUT2D eigenvalue weighted by molar-refractivity contribution is -0.143. The second kappa shape index (κ2) is 4.96. The number of nitrogens with zero attached hydrogens (tertiary/aromatic N) is 3. The number of aromatic nitrogens is 2. The van der Waals surface area contributed by atoms with Crippen LogP contribution in [0.4, 0.5) is 0 Å². The lowest BCUT2D eigenvalue weighted by Gasteiger charge is -2.32. The van der Waals surface area contributed by atoms with Crippen molar-refractivity contribution in [3.05, 3.63) is 36.3 Å². The molecule has 3 heterocycles. The predicted octanol–water partition coefficient (Wildman–Crippen LogP) is 1.41. The number of rotatable bonds is 2. The largest absolute Gasteiger partial charge is 0.480 e. The molecular formula is C14H15N3O3. The van der Waals surface area contributed by atoms with Crippen LogP contribution >= 0.6 is 0 Å². The maximum atomic E-state index is 12.5. The van der Waals surface area contributed by atoms with E-state index in [0.717, 1.165) is 12.8 Å². The minimum Gasteiger partial charge on any atom is -0.480 e. The lowest BCUT2D eigenvalue weighted by atomic mass is 10.0. The van der Waals surface area contributed by atoms with E-state index in [1.807, 2.05) is 24.4 Å². The van der Waals surface area contributed by atoms with Crippen LogP contribution in [0.5, 0.6) is 0 Å². The summed E-state index contributed by atoms with van der Waals surface area (Å²) in [5.74, 6) is -1.25. The Hall–Kier alpha value is -2.37. The van der Waals surface area contributed by atoms with E-state index in [1.165, 1.54) is 4.90 Å². The van der Waals surface area contributed by atoms with Crippen LogP contribution in [0.1, 0.15) is 29.8 Å². The topological polar surface area (TPSA) is 74.9 Å². The lowest BCUT2D eigenvalue weighted by Crippen LogP contribution is -2.48. The number of carboxylic acids is 1. The first-order valence-corrected chi connectivity index (χ1v) is 6.64. The summed E-state index contributed by atoms with van der Waals surface area (Å²) in [6, 6.07) is 4.77. The summed E-state index contributed by atoms with van der Waals surface area (Å²) in [6.07, 6.45) is 5.64. The quantitative estimate of drug-likeness (QED) is 0.897. The van der Waals surface area contributed by atoms with Crippen molar-refractivity contribution in [1.82, 2.24) is 14.3 Å². The molecule has 20 heavy (non-hydrogen) atoms. The highest BCUT2D eigenvalue weighted by Crippen LogP contribution is 2.20. The first kappa shape index (κ1) is 12.7. The monoisotopic (exact) mass is 273 g/mol. The summed E-state index contributed by atoms with van der Waals surface area (Å²) in [5.41, 5.74) is 0.976. The zero-order chi connectivity index (χ0) is 14.1. The third kappa shape index (κ3) is 2.13. The molecule has 0 aliphatic carbocycles. The Kier molecular flexibility index (Phi) is 3.14. The van der Waals surface area contributed by atoms with Crippen molar-refractivity contribution in [2.24, 2.45) is 0 Å². The van der Waals surface area contributed by atoms with Gasteiger partial charge >= 0.3 is 5.97 Å². The van der Waals surface area contributed by atoms with E-state index in [-0.39, 0.29) is 5.91 Å². The van der Waals surface area contributed by atoms with Gasteiger partial charge in [-0.05, 0) is 31.4 Å². The van der Waals surface area contributed by atoms with Gasteiger partial charge in [-0.15, -0.1) is 0 Å². The van der Waals surface area contributed by atoms with E-state index in [4.69, 9.17) is 0 Å². The van der Waals surface area contributed by atoms with Crippen LogP contribution in [0.3, 0.4) is 0 Å². The van der Waals surface area contributed by atoms with E-state index >= 15 is 0 Å². The molecule has 6 heteroatoms. The number of pyridine rings is 1. The molecular weight excluding hydrogens is 258 g/mol. The minimum atomic E-state index is -0.943. The molecule has 1 atom stereocenters. The SMILES string of the molecule is O=C(O)C1CCCCN1C(=O)c1cn2ccccc2n1. The van der Waals surface area contributed by atoms with Crippen LogP contribution in [-0.2, 0) is 4.79 Å². The molecule has 2 aromatic heterocycles. The molecule has 1 aliphatic rings. The van der Waals surface area contributed by atoms with Gasteiger partial charge in [0.15, 0.2) is 0 Å². The molecule has 1 fully saturated rings. The molecule has 0 aromatic carbocycles. The fourth-order valence-corrected chi connectivity index (χ4v) is 2.62. The molecule has 104 valence electrons. The first-order chi connectivity index (χ1) is 9.66. The Morgan fingerprint density at radius 1 is 1.30 bits per heavy atom. The molecule has 3 rings (SSSR count). The number of carbonyl (C=O) groups excluding carboxylic acids is 1. The van der Waals surface area contributed by atoms with Crippen LogP contribution in [0.25, 0.3) is 5.65 Å². The highest BCUT2D eigenvalue weighted by molar-refractivity contribution is 5.95. The van der Waals surface area contributed by atoms with Crippen LogP contribution in [-0.4, -0.2) is 43.9 Å². The fourth-order valence-electron chi connectivity index (χ4n) is 2.62. The van der Waals surface area contributed by atoms with Gasteiger partial charge in [-0.3, -0.25) is 4.79 Å². The number of amides is 1. The van der Waals surface area contributed by atoms with Crippen molar-refractivity contribution < 1.29 is 14.7 Å². The molecule has 2 aromatic rings. The third-order valence-electron chi connectivity index (χ3n) is 3.63. The van der Waals surface area contributed by atoms with E-state index in [1.54, 1.807) is 10.6 Å². The van der Waals surface area contributed by atoms with E-state index < -0.39 is 12.0 Å². The van der Waals surface area contributed by atoms with Gasteiger partial charge in [0.05, 0.1) is 0 Å². The van der Waals surface area contributed by atoms with Crippen molar-refractivity contribution in [2.45, 2.75) is 25.3 Å². The Morgan fingerprint density at radius 3 is 2.90 bits per heavy atom. The number of carboxylic acid groups (broad SMARTS) is 1. The van der Waals surface area contributed by atoms with Crippen molar-refractivity contribution >= 4 is 17.5 Å². The summed E-state index contributed by atoms with van der Waals surface area (Å²) in [6.45, 7) is 0.476. The van der Waals surface area contributed by atoms with Crippen molar-refractivity contribution in [1.29, 1.82) is 0 Å². The molecule has 6 nitrogen and oxygen atoms in total. The van der Waals surface area contributed by atoms with Crippen molar-refractivity contribution in [3.8, 4) is 0 Å². The normalized spacial score (nSPS) is 19.2. The smallest absolute Gasteiger partial charge is 0.326 e. The molecule has 1 saturated heterocycles. The van der Waals surface area contributed by atoms with Gasteiger partial charge in [-0.1, -0.05) is 6.07 Å². The van der Waals surface area contributed by atoms with Crippen LogP contribution in [0, 0.1) is 0 Å². The average molecular weight is 273 g/mol. The molecule has 1 N–H and O–H groups in total. The zero-order valence-corrected chi connectivity index (χ0v) is 10.9. The van der Waals surface area contributed by atoms with E-state index in [9.17, 15) is 14.7 Å². The summed E-state index contributed by atoms with van der Waals surface area (Å²) >= 11 is 0.